The SMILES string of the molecule is COCOc1cc(OCOC)c2c(c1)C(=O)[C@]1(C/C=C(\C)CCC=C(C)C)OC(C)(C)[C@H](Cl)C(=O)C1=C2O. The van der Waals surface area contributed by atoms with E-state index in [2.05, 4.69) is 6.08 Å². The summed E-state index contributed by atoms with van der Waals surface area (Å²) in [5.41, 5.74) is -0.726. The summed E-state index contributed by atoms with van der Waals surface area (Å²) in [7, 11) is 2.91. The molecular formula is C29H37ClO8. The van der Waals surface area contributed by atoms with Gasteiger partial charge < -0.3 is 28.8 Å². The third-order valence-corrected chi connectivity index (χ3v) is 7.32. The van der Waals surface area contributed by atoms with Crippen LogP contribution in [0.4, 0.5) is 0 Å². The van der Waals surface area contributed by atoms with Gasteiger partial charge in [-0.15, -0.1) is 11.6 Å². The van der Waals surface area contributed by atoms with Gasteiger partial charge in [0, 0.05) is 32.3 Å². The van der Waals surface area contributed by atoms with E-state index in [-0.39, 0.29) is 48.2 Å². The zero-order valence-electron chi connectivity index (χ0n) is 23.1. The van der Waals surface area contributed by atoms with E-state index in [0.717, 1.165) is 18.4 Å². The fourth-order valence-corrected chi connectivity index (χ4v) is 4.86. The highest BCUT2D eigenvalue weighted by atomic mass is 35.5. The topological polar surface area (TPSA) is 101 Å². The van der Waals surface area contributed by atoms with Crippen LogP contribution in [0.1, 0.15) is 69.8 Å². The maximum absolute atomic E-state index is 14.3. The first-order chi connectivity index (χ1) is 17.9. The summed E-state index contributed by atoms with van der Waals surface area (Å²) in [6.45, 7) is 9.14. The average molecular weight is 549 g/mol. The van der Waals surface area contributed by atoms with Crippen LogP contribution in [0.2, 0.25) is 0 Å². The minimum atomic E-state index is -1.78. The Bertz CT molecular complexity index is 1180. The number of Topliss-reactive ketones (excluding diaryl/α,β-unsaturated/α-hetero) is 2. The first-order valence-electron chi connectivity index (χ1n) is 12.5. The third kappa shape index (κ3) is 5.83. The summed E-state index contributed by atoms with van der Waals surface area (Å²) in [4.78, 5) is 28.0. The largest absolute Gasteiger partial charge is 0.507 e. The van der Waals surface area contributed by atoms with Gasteiger partial charge in [0.25, 0.3) is 0 Å². The van der Waals surface area contributed by atoms with E-state index in [9.17, 15) is 14.7 Å². The van der Waals surface area contributed by atoms with Crippen molar-refractivity contribution in [1.29, 1.82) is 0 Å². The number of rotatable bonds is 11. The molecule has 1 N–H and O–H groups in total. The second-order valence-electron chi connectivity index (χ2n) is 10.3. The molecule has 1 fully saturated rings. The predicted molar refractivity (Wildman–Crippen MR) is 145 cm³/mol. The molecule has 1 saturated heterocycles. The van der Waals surface area contributed by atoms with Gasteiger partial charge in [0.05, 0.1) is 16.7 Å². The Morgan fingerprint density at radius 3 is 2.37 bits per heavy atom. The van der Waals surface area contributed by atoms with E-state index in [1.807, 2.05) is 26.8 Å². The van der Waals surface area contributed by atoms with Crippen molar-refractivity contribution < 1.29 is 38.4 Å². The number of hydrogen-bond acceptors (Lipinski definition) is 8. The van der Waals surface area contributed by atoms with Gasteiger partial charge in [-0.2, -0.15) is 0 Å². The lowest BCUT2D eigenvalue weighted by Crippen LogP contribution is -2.62. The molecule has 0 unspecified atom stereocenters. The number of ketones is 2. The molecule has 38 heavy (non-hydrogen) atoms. The van der Waals surface area contributed by atoms with Crippen molar-refractivity contribution >= 4 is 28.9 Å². The van der Waals surface area contributed by atoms with Gasteiger partial charge in [-0.05, 0) is 53.5 Å². The Balaban J connectivity index is 2.22. The number of methoxy groups -OCH3 is 2. The molecule has 0 aromatic heterocycles. The van der Waals surface area contributed by atoms with Crippen molar-refractivity contribution in [3.05, 3.63) is 52.1 Å². The van der Waals surface area contributed by atoms with Gasteiger partial charge in [0.1, 0.15) is 22.6 Å². The lowest BCUT2D eigenvalue weighted by Gasteiger charge is -2.48. The molecule has 0 spiro atoms. The molecule has 2 atom stereocenters. The lowest BCUT2D eigenvalue weighted by molar-refractivity contribution is -0.147. The minimum absolute atomic E-state index is 0.0432. The van der Waals surface area contributed by atoms with Crippen molar-refractivity contribution in [1.82, 2.24) is 0 Å². The quantitative estimate of drug-likeness (QED) is 0.206. The second-order valence-corrected chi connectivity index (χ2v) is 10.8. The molecule has 0 bridgehead atoms. The molecule has 3 rings (SSSR count). The number of benzene rings is 1. The molecule has 2 aliphatic rings. The van der Waals surface area contributed by atoms with Crippen LogP contribution in [0.5, 0.6) is 11.5 Å². The fourth-order valence-electron chi connectivity index (χ4n) is 4.71. The Hall–Kier alpha value is -2.65. The Morgan fingerprint density at radius 1 is 1.08 bits per heavy atom. The first kappa shape index (κ1) is 29.9. The van der Waals surface area contributed by atoms with Crippen LogP contribution in [-0.2, 0) is 19.0 Å². The van der Waals surface area contributed by atoms with Crippen LogP contribution < -0.4 is 9.47 Å². The number of aliphatic hydroxyl groups is 1. The number of fused-ring (bicyclic) bond motifs is 2. The van der Waals surface area contributed by atoms with E-state index in [1.165, 1.54) is 31.9 Å². The van der Waals surface area contributed by atoms with Crippen molar-refractivity contribution in [2.75, 3.05) is 27.8 Å². The van der Waals surface area contributed by atoms with Crippen LogP contribution in [-0.4, -0.2) is 61.1 Å². The normalized spacial score (nSPS) is 22.6. The fraction of sp³-hybridized carbons (Fsp3) is 0.517. The van der Waals surface area contributed by atoms with Gasteiger partial charge in [-0.25, -0.2) is 0 Å². The number of carbonyl (C=O) groups excluding carboxylic acids is 2. The molecule has 208 valence electrons. The van der Waals surface area contributed by atoms with E-state index < -0.39 is 33.9 Å². The number of carbonyl (C=O) groups is 2. The lowest BCUT2D eigenvalue weighted by atomic mass is 9.69. The zero-order valence-corrected chi connectivity index (χ0v) is 23.9. The molecule has 9 heteroatoms. The Labute approximate surface area is 229 Å². The van der Waals surface area contributed by atoms with Crippen molar-refractivity contribution in [3.63, 3.8) is 0 Å². The summed E-state index contributed by atoms with van der Waals surface area (Å²) < 4.78 is 27.7. The average Bonchev–Trinajstić information content (AvgIpc) is 2.86. The van der Waals surface area contributed by atoms with E-state index >= 15 is 0 Å². The molecule has 8 nitrogen and oxygen atoms in total. The highest BCUT2D eigenvalue weighted by Crippen LogP contribution is 2.51. The standard InChI is InChI=1S/C29H37ClO8/c1-17(2)9-8-10-18(3)11-12-29-23(25(32)26(30)28(4,5)38-29)24(31)22-20(27(29)33)13-19(36-15-34-6)14-21(22)37-16-35-7/h9,11,13-14,26,31H,8,10,12,15-16H2,1-7H3/b18-11+/t26-,29-/m1/s1. The predicted octanol–water partition coefficient (Wildman–Crippen LogP) is 5.92. The van der Waals surface area contributed by atoms with E-state index in [0.29, 0.717) is 0 Å². The zero-order chi connectivity index (χ0) is 28.3. The molecule has 1 heterocycles. The number of alkyl halides is 1. The van der Waals surface area contributed by atoms with Crippen LogP contribution in [0.25, 0.3) is 5.76 Å². The molecule has 0 amide bonds. The maximum atomic E-state index is 14.3. The van der Waals surface area contributed by atoms with Gasteiger partial charge in [0.2, 0.25) is 5.78 Å². The molecule has 1 aliphatic carbocycles. The number of allylic oxidation sites excluding steroid dienone is 3. The summed E-state index contributed by atoms with van der Waals surface area (Å²) in [6, 6.07) is 2.99. The monoisotopic (exact) mass is 548 g/mol. The molecular weight excluding hydrogens is 512 g/mol. The number of aliphatic hydroxyl groups excluding tert-OH is 1. The van der Waals surface area contributed by atoms with Gasteiger partial charge in [-0.1, -0.05) is 23.3 Å². The molecule has 1 aliphatic heterocycles. The summed E-state index contributed by atoms with van der Waals surface area (Å²) in [5.74, 6) is -1.08. The Morgan fingerprint density at radius 2 is 1.74 bits per heavy atom. The highest BCUT2D eigenvalue weighted by Gasteiger charge is 2.61. The van der Waals surface area contributed by atoms with Crippen LogP contribution >= 0.6 is 11.6 Å². The highest BCUT2D eigenvalue weighted by molar-refractivity contribution is 6.38. The second kappa shape index (κ2) is 12.0. The van der Waals surface area contributed by atoms with Crippen molar-refractivity contribution in [3.8, 4) is 11.5 Å². The number of hydrogen-bond donors (Lipinski definition) is 1. The molecule has 1 aromatic carbocycles. The van der Waals surface area contributed by atoms with Gasteiger partial charge in [-0.3, -0.25) is 9.59 Å². The van der Waals surface area contributed by atoms with Gasteiger partial charge >= 0.3 is 0 Å². The smallest absolute Gasteiger partial charge is 0.200 e. The summed E-state index contributed by atoms with van der Waals surface area (Å²) in [5, 5.41) is 10.5. The van der Waals surface area contributed by atoms with Crippen LogP contribution in [0.15, 0.2) is 41.0 Å². The van der Waals surface area contributed by atoms with Gasteiger partial charge in [0.15, 0.2) is 25.0 Å². The van der Waals surface area contributed by atoms with E-state index in [4.69, 9.17) is 35.3 Å². The van der Waals surface area contributed by atoms with Crippen molar-refractivity contribution in [2.45, 2.75) is 70.5 Å². The van der Waals surface area contributed by atoms with Crippen LogP contribution in [0, 0.1) is 0 Å². The Kier molecular flexibility index (Phi) is 9.47. The molecule has 0 saturated carbocycles. The van der Waals surface area contributed by atoms with E-state index in [1.54, 1.807) is 13.8 Å². The molecule has 1 aromatic rings. The number of halogens is 1. The summed E-state index contributed by atoms with van der Waals surface area (Å²) in [6.07, 6.45) is 5.69. The minimum Gasteiger partial charge on any atom is -0.507 e. The molecule has 0 radical (unpaired) electrons. The first-order valence-corrected chi connectivity index (χ1v) is 12.9. The van der Waals surface area contributed by atoms with Crippen LogP contribution in [0.3, 0.4) is 0 Å². The third-order valence-electron chi connectivity index (χ3n) is 6.59. The number of ether oxygens (including phenoxy) is 5. The summed E-state index contributed by atoms with van der Waals surface area (Å²) >= 11 is 6.51. The van der Waals surface area contributed by atoms with Crippen molar-refractivity contribution in [2.24, 2.45) is 0 Å². The maximum Gasteiger partial charge on any atom is 0.200 e.